The number of benzene rings is 4. The van der Waals surface area contributed by atoms with Gasteiger partial charge in [0, 0.05) is 16.9 Å². The number of hydrogen-bond acceptors (Lipinski definition) is 5. The van der Waals surface area contributed by atoms with Crippen LogP contribution in [-0.4, -0.2) is 19.0 Å². The van der Waals surface area contributed by atoms with Crippen LogP contribution in [-0.2, 0) is 0 Å². The van der Waals surface area contributed by atoms with Crippen molar-refractivity contribution in [3.63, 3.8) is 0 Å². The van der Waals surface area contributed by atoms with Crippen molar-refractivity contribution in [3.05, 3.63) is 96.1 Å². The molecule has 0 aliphatic rings. The molecule has 0 bridgehead atoms. The number of esters is 1. The first kappa shape index (κ1) is 20.0. The van der Waals surface area contributed by atoms with Crippen LogP contribution in [0.1, 0.15) is 20.7 Å². The van der Waals surface area contributed by atoms with E-state index in [1.807, 2.05) is 18.2 Å². The van der Waals surface area contributed by atoms with E-state index >= 15 is 0 Å². The number of nitrogens with two attached hydrogens (primary N) is 1. The first-order valence-corrected chi connectivity index (χ1v) is 9.59. The minimum atomic E-state index is -0.464. The van der Waals surface area contributed by atoms with Crippen molar-refractivity contribution in [2.24, 2.45) is 0 Å². The second-order valence-corrected chi connectivity index (χ2v) is 6.92. The minimum Gasteiger partial charge on any atom is -0.497 e. The average molecular weight is 412 g/mol. The molecule has 0 fully saturated rings. The number of nitrogens with one attached hydrogen (secondary N) is 1. The highest BCUT2D eigenvalue weighted by molar-refractivity contribution is 6.04. The van der Waals surface area contributed by atoms with Gasteiger partial charge in [0.2, 0.25) is 0 Å². The number of ether oxygens (including phenoxy) is 2. The Kier molecular flexibility index (Phi) is 5.53. The van der Waals surface area contributed by atoms with Gasteiger partial charge in [-0.1, -0.05) is 12.1 Å². The Hall–Kier alpha value is -4.32. The molecule has 4 aromatic carbocycles. The molecule has 0 saturated carbocycles. The van der Waals surface area contributed by atoms with E-state index in [9.17, 15) is 9.59 Å². The van der Waals surface area contributed by atoms with Crippen LogP contribution < -0.4 is 20.5 Å². The predicted octanol–water partition coefficient (Wildman–Crippen LogP) is 4.90. The molecule has 31 heavy (non-hydrogen) atoms. The Morgan fingerprint density at radius 3 is 2.06 bits per heavy atom. The van der Waals surface area contributed by atoms with Crippen LogP contribution in [0.5, 0.6) is 11.5 Å². The molecule has 4 rings (SSSR count). The molecule has 0 heterocycles. The van der Waals surface area contributed by atoms with Crippen molar-refractivity contribution < 1.29 is 19.1 Å². The van der Waals surface area contributed by atoms with E-state index in [2.05, 4.69) is 5.32 Å². The summed E-state index contributed by atoms with van der Waals surface area (Å²) in [4.78, 5) is 24.8. The van der Waals surface area contributed by atoms with Crippen molar-refractivity contribution in [2.45, 2.75) is 0 Å². The third kappa shape index (κ3) is 4.64. The molecule has 0 aromatic heterocycles. The molecule has 0 atom stereocenters. The Bertz CT molecular complexity index is 1250. The maximum absolute atomic E-state index is 12.5. The smallest absolute Gasteiger partial charge is 0.343 e. The van der Waals surface area contributed by atoms with E-state index < -0.39 is 5.97 Å². The van der Waals surface area contributed by atoms with Crippen LogP contribution in [0, 0.1) is 0 Å². The van der Waals surface area contributed by atoms with Gasteiger partial charge in [-0.25, -0.2) is 4.79 Å². The summed E-state index contributed by atoms with van der Waals surface area (Å²) in [5, 5.41) is 4.66. The van der Waals surface area contributed by atoms with Gasteiger partial charge in [-0.3, -0.25) is 4.79 Å². The van der Waals surface area contributed by atoms with Gasteiger partial charge in [-0.05, 0) is 83.6 Å². The second-order valence-electron chi connectivity index (χ2n) is 6.92. The quantitative estimate of drug-likeness (QED) is 0.276. The maximum atomic E-state index is 12.5. The number of nitrogen functional groups attached to an aromatic ring is 1. The third-order valence-corrected chi connectivity index (χ3v) is 4.77. The third-order valence-electron chi connectivity index (χ3n) is 4.77. The number of methoxy groups -OCH3 is 1. The molecule has 0 saturated heterocycles. The molecular formula is C25H20N2O4. The fraction of sp³-hybridized carbons (Fsp3) is 0.0400. The molecular weight excluding hydrogens is 392 g/mol. The second kappa shape index (κ2) is 8.59. The molecule has 6 heteroatoms. The largest absolute Gasteiger partial charge is 0.497 e. The van der Waals surface area contributed by atoms with E-state index in [1.54, 1.807) is 73.8 Å². The monoisotopic (exact) mass is 412 g/mol. The number of hydrogen-bond donors (Lipinski definition) is 2. The lowest BCUT2D eigenvalue weighted by Crippen LogP contribution is -2.12. The fourth-order valence-corrected chi connectivity index (χ4v) is 3.11. The molecule has 1 amide bonds. The van der Waals surface area contributed by atoms with Crippen LogP contribution in [0.15, 0.2) is 84.9 Å². The zero-order valence-corrected chi connectivity index (χ0v) is 16.8. The molecule has 3 N–H and O–H groups in total. The lowest BCUT2D eigenvalue weighted by Gasteiger charge is -2.08. The van der Waals surface area contributed by atoms with Crippen molar-refractivity contribution in [1.29, 1.82) is 0 Å². The van der Waals surface area contributed by atoms with E-state index in [-0.39, 0.29) is 5.91 Å². The summed E-state index contributed by atoms with van der Waals surface area (Å²) in [7, 11) is 1.57. The van der Waals surface area contributed by atoms with Gasteiger partial charge in [0.1, 0.15) is 11.5 Å². The summed E-state index contributed by atoms with van der Waals surface area (Å²) in [5.41, 5.74) is 7.99. The number of amides is 1. The highest BCUT2D eigenvalue weighted by Gasteiger charge is 2.11. The number of rotatable bonds is 5. The summed E-state index contributed by atoms with van der Waals surface area (Å²) in [6.07, 6.45) is 0. The normalized spacial score (nSPS) is 10.5. The summed E-state index contributed by atoms with van der Waals surface area (Å²) >= 11 is 0. The highest BCUT2D eigenvalue weighted by atomic mass is 16.5. The van der Waals surface area contributed by atoms with E-state index in [4.69, 9.17) is 15.2 Å². The van der Waals surface area contributed by atoms with Crippen molar-refractivity contribution in [1.82, 2.24) is 0 Å². The Morgan fingerprint density at radius 1 is 0.742 bits per heavy atom. The fourth-order valence-electron chi connectivity index (χ4n) is 3.11. The van der Waals surface area contributed by atoms with Crippen LogP contribution in [0.3, 0.4) is 0 Å². The van der Waals surface area contributed by atoms with Gasteiger partial charge in [0.25, 0.3) is 5.91 Å². The van der Waals surface area contributed by atoms with E-state index in [0.29, 0.717) is 34.0 Å². The van der Waals surface area contributed by atoms with Crippen molar-refractivity contribution >= 4 is 34.0 Å². The zero-order chi connectivity index (χ0) is 21.8. The number of anilines is 2. The molecule has 6 nitrogen and oxygen atoms in total. The van der Waals surface area contributed by atoms with Crippen LogP contribution in [0.2, 0.25) is 0 Å². The maximum Gasteiger partial charge on any atom is 0.343 e. The van der Waals surface area contributed by atoms with E-state index in [0.717, 1.165) is 10.8 Å². The molecule has 0 spiro atoms. The highest BCUT2D eigenvalue weighted by Crippen LogP contribution is 2.22. The average Bonchev–Trinajstić information content (AvgIpc) is 2.80. The van der Waals surface area contributed by atoms with Crippen LogP contribution in [0.25, 0.3) is 10.8 Å². The lowest BCUT2D eigenvalue weighted by molar-refractivity contribution is 0.0734. The Morgan fingerprint density at radius 2 is 1.35 bits per heavy atom. The SMILES string of the molecule is COc1ccc(C(=O)Nc2ccc(OC(=O)c3ccc4cc(N)ccc4c3)cc2)cc1. The van der Waals surface area contributed by atoms with Crippen molar-refractivity contribution in [2.75, 3.05) is 18.2 Å². The van der Waals surface area contributed by atoms with Gasteiger partial charge in [0.15, 0.2) is 0 Å². The number of carbonyl (C=O) groups is 2. The summed E-state index contributed by atoms with van der Waals surface area (Å²) < 4.78 is 10.5. The molecule has 4 aromatic rings. The van der Waals surface area contributed by atoms with Crippen LogP contribution in [0.4, 0.5) is 11.4 Å². The van der Waals surface area contributed by atoms with Gasteiger partial charge >= 0.3 is 5.97 Å². The first-order valence-electron chi connectivity index (χ1n) is 9.59. The standard InChI is InChI=1S/C25H20N2O4/c1-30-22-10-5-16(6-11-22)24(28)27-21-8-12-23(13-9-21)31-25(29)19-3-2-18-15-20(26)7-4-17(18)14-19/h2-15H,26H2,1H3,(H,27,28). The molecule has 0 unspecified atom stereocenters. The number of carbonyl (C=O) groups excluding carboxylic acids is 2. The summed E-state index contributed by atoms with van der Waals surface area (Å²) in [6, 6.07) is 24.2. The van der Waals surface area contributed by atoms with Gasteiger partial charge in [-0.2, -0.15) is 0 Å². The van der Waals surface area contributed by atoms with E-state index in [1.165, 1.54) is 0 Å². The van der Waals surface area contributed by atoms with Gasteiger partial charge < -0.3 is 20.5 Å². The Balaban J connectivity index is 1.41. The first-order chi connectivity index (χ1) is 15.0. The van der Waals surface area contributed by atoms with Gasteiger partial charge in [-0.15, -0.1) is 0 Å². The zero-order valence-electron chi connectivity index (χ0n) is 16.8. The lowest BCUT2D eigenvalue weighted by atomic mass is 10.1. The molecule has 0 radical (unpaired) electrons. The van der Waals surface area contributed by atoms with Crippen LogP contribution >= 0.6 is 0 Å². The summed E-state index contributed by atoms with van der Waals surface area (Å²) in [6.45, 7) is 0. The number of fused-ring (bicyclic) bond motifs is 1. The topological polar surface area (TPSA) is 90.6 Å². The van der Waals surface area contributed by atoms with Crippen molar-refractivity contribution in [3.8, 4) is 11.5 Å². The summed E-state index contributed by atoms with van der Waals surface area (Å²) in [5.74, 6) is 0.348. The minimum absolute atomic E-state index is 0.246. The predicted molar refractivity (Wildman–Crippen MR) is 121 cm³/mol. The van der Waals surface area contributed by atoms with Gasteiger partial charge in [0.05, 0.1) is 12.7 Å². The molecule has 154 valence electrons. The molecule has 0 aliphatic heterocycles. The molecule has 0 aliphatic carbocycles. The Labute approximate surface area is 179 Å².